The Bertz CT molecular complexity index is 1110. The maximum Gasteiger partial charge on any atom is 0.261 e. The highest BCUT2D eigenvalue weighted by atomic mass is 16.2. The third kappa shape index (κ3) is 9.08. The second-order valence-electron chi connectivity index (χ2n) is 12.5. The second kappa shape index (κ2) is 17.2. The molecule has 0 aliphatic carbocycles. The molecule has 2 aromatic rings. The number of hydrogen-bond acceptors (Lipinski definition) is 6. The van der Waals surface area contributed by atoms with Crippen LogP contribution < -0.4 is 0 Å². The maximum atomic E-state index is 12.5. The van der Waals surface area contributed by atoms with E-state index in [0.29, 0.717) is 35.3 Å². The van der Waals surface area contributed by atoms with Crippen molar-refractivity contribution in [1.29, 1.82) is 0 Å². The number of nitrogens with zero attached hydrogens (tertiary/aromatic N) is 4. The van der Waals surface area contributed by atoms with Gasteiger partial charge in [0.1, 0.15) is 0 Å². The Balaban J connectivity index is 0.908. The predicted octanol–water partition coefficient (Wildman–Crippen LogP) is 6.12. The molecule has 238 valence electrons. The number of carbonyl (C=O) groups excluding carboxylic acids is 4. The van der Waals surface area contributed by atoms with Gasteiger partial charge in [0, 0.05) is 13.1 Å². The largest absolute Gasteiger partial charge is 0.306 e. The van der Waals surface area contributed by atoms with Gasteiger partial charge in [0.2, 0.25) is 0 Å². The Morgan fingerprint density at radius 3 is 0.955 bits per heavy atom. The van der Waals surface area contributed by atoms with Crippen molar-refractivity contribution in [2.45, 2.75) is 77.0 Å². The van der Waals surface area contributed by atoms with Gasteiger partial charge >= 0.3 is 0 Å². The van der Waals surface area contributed by atoms with Crippen LogP contribution in [0.3, 0.4) is 0 Å². The summed E-state index contributed by atoms with van der Waals surface area (Å²) in [4.78, 5) is 57.3. The van der Waals surface area contributed by atoms with E-state index in [1.54, 1.807) is 48.5 Å². The standard InChI is InChI=1S/C36H50N4O4/c1-37(25-17-27-39-33(41)29-19-11-12-20-30(29)34(39)42)23-15-9-7-5-3-4-6-8-10-16-24-38(2)26-18-28-40-35(43)31-21-13-14-22-32(31)36(40)44/h11-14,19-22H,3-10,15-18,23-28H2,1-2H3. The number of fused-ring (bicyclic) bond motifs is 2. The molecule has 2 aromatic carbocycles. The Hall–Kier alpha value is -3.36. The lowest BCUT2D eigenvalue weighted by molar-refractivity contribution is 0.0633. The van der Waals surface area contributed by atoms with E-state index in [4.69, 9.17) is 0 Å². The summed E-state index contributed by atoms with van der Waals surface area (Å²) in [7, 11) is 4.25. The van der Waals surface area contributed by atoms with Crippen molar-refractivity contribution in [2.75, 3.05) is 53.4 Å². The van der Waals surface area contributed by atoms with Crippen LogP contribution in [0.5, 0.6) is 0 Å². The number of hydrogen-bond donors (Lipinski definition) is 0. The summed E-state index contributed by atoms with van der Waals surface area (Å²) in [6, 6.07) is 14.2. The van der Waals surface area contributed by atoms with Crippen LogP contribution in [0.25, 0.3) is 0 Å². The molecule has 0 unspecified atom stereocenters. The molecule has 4 rings (SSSR count). The number of benzene rings is 2. The molecule has 0 N–H and O–H groups in total. The van der Waals surface area contributed by atoms with Crippen LogP contribution in [0.15, 0.2) is 48.5 Å². The van der Waals surface area contributed by atoms with E-state index in [0.717, 1.165) is 39.0 Å². The van der Waals surface area contributed by atoms with Gasteiger partial charge < -0.3 is 9.80 Å². The van der Waals surface area contributed by atoms with E-state index in [9.17, 15) is 19.2 Å². The zero-order valence-corrected chi connectivity index (χ0v) is 26.8. The van der Waals surface area contributed by atoms with Crippen LogP contribution >= 0.6 is 0 Å². The minimum Gasteiger partial charge on any atom is -0.306 e. The number of imide groups is 2. The minimum absolute atomic E-state index is 0.159. The summed E-state index contributed by atoms with van der Waals surface area (Å²) in [5.74, 6) is -0.638. The lowest BCUT2D eigenvalue weighted by Crippen LogP contribution is -2.33. The molecule has 0 radical (unpaired) electrons. The summed E-state index contributed by atoms with van der Waals surface area (Å²) >= 11 is 0. The average Bonchev–Trinajstić information content (AvgIpc) is 3.42. The molecule has 0 spiro atoms. The van der Waals surface area contributed by atoms with Crippen LogP contribution in [0.4, 0.5) is 0 Å². The summed E-state index contributed by atoms with van der Waals surface area (Å²) in [6.07, 6.45) is 14.3. The summed E-state index contributed by atoms with van der Waals surface area (Å²) in [5, 5.41) is 0. The zero-order chi connectivity index (χ0) is 31.3. The molecule has 2 aliphatic heterocycles. The van der Waals surface area contributed by atoms with Gasteiger partial charge in [0.25, 0.3) is 23.6 Å². The molecule has 8 nitrogen and oxygen atoms in total. The van der Waals surface area contributed by atoms with Crippen molar-refractivity contribution in [3.8, 4) is 0 Å². The number of carbonyl (C=O) groups is 4. The van der Waals surface area contributed by atoms with E-state index >= 15 is 0 Å². The van der Waals surface area contributed by atoms with Crippen molar-refractivity contribution in [2.24, 2.45) is 0 Å². The molecule has 0 aromatic heterocycles. The van der Waals surface area contributed by atoms with Crippen molar-refractivity contribution < 1.29 is 19.2 Å². The fourth-order valence-electron chi connectivity index (χ4n) is 6.28. The van der Waals surface area contributed by atoms with Gasteiger partial charge in [-0.2, -0.15) is 0 Å². The van der Waals surface area contributed by atoms with Gasteiger partial charge in [-0.25, -0.2) is 0 Å². The Labute approximate surface area is 263 Å². The Morgan fingerprint density at radius 1 is 0.409 bits per heavy atom. The van der Waals surface area contributed by atoms with Crippen LogP contribution in [0.2, 0.25) is 0 Å². The van der Waals surface area contributed by atoms with E-state index in [-0.39, 0.29) is 23.6 Å². The molecule has 2 aliphatic rings. The molecule has 0 bridgehead atoms. The first kappa shape index (κ1) is 33.5. The second-order valence-corrected chi connectivity index (χ2v) is 12.5. The third-order valence-corrected chi connectivity index (χ3v) is 8.93. The van der Waals surface area contributed by atoms with Gasteiger partial charge in [0.15, 0.2) is 0 Å². The first-order valence-electron chi connectivity index (χ1n) is 16.7. The van der Waals surface area contributed by atoms with E-state index in [2.05, 4.69) is 23.9 Å². The lowest BCUT2D eigenvalue weighted by atomic mass is 10.1. The fourth-order valence-corrected chi connectivity index (χ4v) is 6.28. The van der Waals surface area contributed by atoms with Gasteiger partial charge in [-0.15, -0.1) is 0 Å². The quantitative estimate of drug-likeness (QED) is 0.126. The van der Waals surface area contributed by atoms with E-state index < -0.39 is 0 Å². The van der Waals surface area contributed by atoms with Crippen molar-refractivity contribution in [3.05, 3.63) is 70.8 Å². The first-order chi connectivity index (χ1) is 21.4. The normalized spacial score (nSPS) is 14.5. The summed E-state index contributed by atoms with van der Waals surface area (Å²) < 4.78 is 0. The Kier molecular flexibility index (Phi) is 13.1. The van der Waals surface area contributed by atoms with Gasteiger partial charge in [0.05, 0.1) is 22.3 Å². The average molecular weight is 603 g/mol. The van der Waals surface area contributed by atoms with Crippen LogP contribution in [0, 0.1) is 0 Å². The fraction of sp³-hybridized carbons (Fsp3) is 0.556. The minimum atomic E-state index is -0.159. The zero-order valence-electron chi connectivity index (χ0n) is 26.8. The first-order valence-corrected chi connectivity index (χ1v) is 16.7. The predicted molar refractivity (Wildman–Crippen MR) is 174 cm³/mol. The van der Waals surface area contributed by atoms with Gasteiger partial charge in [-0.1, -0.05) is 75.6 Å². The molecule has 8 heteroatoms. The molecule has 0 saturated heterocycles. The highest BCUT2D eigenvalue weighted by Gasteiger charge is 2.35. The maximum absolute atomic E-state index is 12.5. The van der Waals surface area contributed by atoms with Crippen molar-refractivity contribution in [1.82, 2.24) is 19.6 Å². The highest BCUT2D eigenvalue weighted by molar-refractivity contribution is 6.22. The van der Waals surface area contributed by atoms with E-state index in [1.165, 1.54) is 74.0 Å². The van der Waals surface area contributed by atoms with E-state index in [1.807, 2.05) is 0 Å². The molecule has 44 heavy (non-hydrogen) atoms. The Morgan fingerprint density at radius 2 is 0.659 bits per heavy atom. The molecule has 0 saturated carbocycles. The van der Waals surface area contributed by atoms with Crippen LogP contribution in [0.1, 0.15) is 118 Å². The van der Waals surface area contributed by atoms with Crippen molar-refractivity contribution >= 4 is 23.6 Å². The number of rotatable bonds is 21. The molecule has 4 amide bonds. The van der Waals surface area contributed by atoms with Crippen molar-refractivity contribution in [3.63, 3.8) is 0 Å². The highest BCUT2D eigenvalue weighted by Crippen LogP contribution is 2.23. The lowest BCUT2D eigenvalue weighted by Gasteiger charge is -2.19. The molecule has 0 fully saturated rings. The SMILES string of the molecule is CN(CCCCCCCCCCCCN(C)CCCN1C(=O)c2ccccc2C1=O)CCCN1C(=O)c2ccccc2C1=O. The molecular formula is C36H50N4O4. The van der Waals surface area contributed by atoms with Crippen LogP contribution in [-0.2, 0) is 0 Å². The van der Waals surface area contributed by atoms with Gasteiger partial charge in [-0.3, -0.25) is 29.0 Å². The topological polar surface area (TPSA) is 81.2 Å². The smallest absolute Gasteiger partial charge is 0.261 e. The summed E-state index contributed by atoms with van der Waals surface area (Å²) in [5.41, 5.74) is 2.12. The molecule has 0 atom stereocenters. The van der Waals surface area contributed by atoms with Crippen LogP contribution in [-0.4, -0.2) is 96.6 Å². The number of amides is 4. The third-order valence-electron chi connectivity index (χ3n) is 8.93. The summed E-state index contributed by atoms with van der Waals surface area (Å²) in [6.45, 7) is 4.85. The van der Waals surface area contributed by atoms with Gasteiger partial charge in [-0.05, 0) is 90.2 Å². The molecule has 2 heterocycles. The molecular weight excluding hydrogens is 552 g/mol. The monoisotopic (exact) mass is 602 g/mol. The number of unbranched alkanes of at least 4 members (excludes halogenated alkanes) is 9.